The van der Waals surface area contributed by atoms with Gasteiger partial charge in [-0.3, -0.25) is 4.79 Å². The van der Waals surface area contributed by atoms with Crippen LogP contribution in [0.5, 0.6) is 0 Å². The lowest BCUT2D eigenvalue weighted by Gasteiger charge is -2.24. The maximum atomic E-state index is 11.2. The molecule has 0 aromatic carbocycles. The van der Waals surface area contributed by atoms with Crippen LogP contribution >= 0.6 is 0 Å². The van der Waals surface area contributed by atoms with E-state index in [4.69, 9.17) is 5.73 Å². The third kappa shape index (κ3) is 1.42. The Morgan fingerprint density at radius 2 is 2.25 bits per heavy atom. The van der Waals surface area contributed by atoms with E-state index in [1.807, 2.05) is 0 Å². The predicted octanol–water partition coefficient (Wildman–Crippen LogP) is -0.202. The van der Waals surface area contributed by atoms with Crippen LogP contribution in [0.2, 0.25) is 0 Å². The zero-order chi connectivity index (χ0) is 9.30. The molecule has 1 amide bonds. The average molecular weight is 167 g/mol. The van der Waals surface area contributed by atoms with E-state index < -0.39 is 0 Å². The van der Waals surface area contributed by atoms with Gasteiger partial charge in [0.1, 0.15) is 11.9 Å². The Kier molecular flexibility index (Phi) is 2.08. The number of rotatable bonds is 1. The summed E-state index contributed by atoms with van der Waals surface area (Å²) in [6.07, 6.45) is 0. The van der Waals surface area contributed by atoms with Crippen LogP contribution < -0.4 is 16.4 Å². The highest BCUT2D eigenvalue weighted by Gasteiger charge is 2.21. The fourth-order valence-electron chi connectivity index (χ4n) is 1.01. The van der Waals surface area contributed by atoms with Gasteiger partial charge in [0, 0.05) is 0 Å². The topological polar surface area (TPSA) is 67.1 Å². The van der Waals surface area contributed by atoms with Crippen molar-refractivity contribution in [2.45, 2.75) is 19.9 Å². The molecule has 1 heterocycles. The molecular formula is C8H13N3O. The minimum atomic E-state index is -0.270. The van der Waals surface area contributed by atoms with Gasteiger partial charge in [-0.2, -0.15) is 0 Å². The first-order chi connectivity index (χ1) is 5.52. The summed E-state index contributed by atoms with van der Waals surface area (Å²) in [6.45, 7) is 7.24. The molecule has 12 heavy (non-hydrogen) atoms. The lowest BCUT2D eigenvalue weighted by molar-refractivity contribution is -0.122. The second-order valence-corrected chi connectivity index (χ2v) is 2.92. The van der Waals surface area contributed by atoms with Crippen LogP contribution in [0, 0.1) is 0 Å². The molecular weight excluding hydrogens is 154 g/mol. The predicted molar refractivity (Wildman–Crippen MR) is 46.8 cm³/mol. The Balaban J connectivity index is 2.93. The lowest BCUT2D eigenvalue weighted by Crippen LogP contribution is -2.49. The van der Waals surface area contributed by atoms with Gasteiger partial charge in [-0.05, 0) is 19.4 Å². The summed E-state index contributed by atoms with van der Waals surface area (Å²) in [4.78, 5) is 11.2. The molecule has 0 saturated carbocycles. The highest BCUT2D eigenvalue weighted by molar-refractivity contribution is 5.85. The Labute approximate surface area is 71.5 Å². The minimum Gasteiger partial charge on any atom is -0.384 e. The van der Waals surface area contributed by atoms with Crippen molar-refractivity contribution in [1.82, 2.24) is 10.6 Å². The molecule has 4 heteroatoms. The van der Waals surface area contributed by atoms with Crippen molar-refractivity contribution >= 4 is 5.91 Å². The summed E-state index contributed by atoms with van der Waals surface area (Å²) in [5, 5.41) is 5.51. The zero-order valence-corrected chi connectivity index (χ0v) is 7.27. The molecule has 0 fully saturated rings. The number of hydrogen-bond acceptors (Lipinski definition) is 3. The number of hydrogen-bond donors (Lipinski definition) is 3. The molecule has 0 spiro atoms. The van der Waals surface area contributed by atoms with Crippen LogP contribution in [-0.2, 0) is 4.79 Å². The maximum absolute atomic E-state index is 11.2. The van der Waals surface area contributed by atoms with Crippen LogP contribution in [-0.4, -0.2) is 11.9 Å². The number of carbonyl (C=O) groups excluding carboxylic acids is 1. The third-order valence-electron chi connectivity index (χ3n) is 1.71. The highest BCUT2D eigenvalue weighted by atomic mass is 16.2. The highest BCUT2D eigenvalue weighted by Crippen LogP contribution is 2.09. The number of allylic oxidation sites excluding steroid dienone is 1. The van der Waals surface area contributed by atoms with E-state index >= 15 is 0 Å². The average Bonchev–Trinajstić information content (AvgIpc) is 1.96. The zero-order valence-electron chi connectivity index (χ0n) is 7.27. The molecule has 0 aromatic heterocycles. The molecule has 66 valence electrons. The van der Waals surface area contributed by atoms with Crippen molar-refractivity contribution in [3.8, 4) is 0 Å². The van der Waals surface area contributed by atoms with E-state index in [0.717, 1.165) is 5.57 Å². The third-order valence-corrected chi connectivity index (χ3v) is 1.71. The number of nitrogens with one attached hydrogen (secondary N) is 2. The van der Waals surface area contributed by atoms with Crippen LogP contribution in [0.4, 0.5) is 0 Å². The van der Waals surface area contributed by atoms with Crippen molar-refractivity contribution in [2.24, 2.45) is 5.73 Å². The molecule has 4 N–H and O–H groups in total. The van der Waals surface area contributed by atoms with Gasteiger partial charge in [0.2, 0.25) is 5.91 Å². The molecule has 0 aliphatic carbocycles. The van der Waals surface area contributed by atoms with Gasteiger partial charge in [-0.15, -0.1) is 0 Å². The molecule has 0 aromatic rings. The Morgan fingerprint density at radius 3 is 2.75 bits per heavy atom. The summed E-state index contributed by atoms with van der Waals surface area (Å²) >= 11 is 0. The summed E-state index contributed by atoms with van der Waals surface area (Å²) in [5.74, 6) is 0.400. The minimum absolute atomic E-state index is 0.0813. The number of nitrogens with two attached hydrogens (primary N) is 1. The number of amides is 1. The van der Waals surface area contributed by atoms with E-state index in [1.165, 1.54) is 0 Å². The van der Waals surface area contributed by atoms with Gasteiger partial charge >= 0.3 is 0 Å². The first-order valence-electron chi connectivity index (χ1n) is 3.75. The van der Waals surface area contributed by atoms with Gasteiger partial charge in [-0.1, -0.05) is 6.58 Å². The summed E-state index contributed by atoms with van der Waals surface area (Å²) in [6, 6.07) is -0.270. The second kappa shape index (κ2) is 2.89. The van der Waals surface area contributed by atoms with E-state index in [1.54, 1.807) is 13.8 Å². The Morgan fingerprint density at radius 1 is 1.67 bits per heavy atom. The quantitative estimate of drug-likeness (QED) is 0.506. The van der Waals surface area contributed by atoms with Crippen molar-refractivity contribution in [2.75, 3.05) is 0 Å². The van der Waals surface area contributed by atoms with Crippen molar-refractivity contribution in [1.29, 1.82) is 0 Å². The maximum Gasteiger partial charge on any atom is 0.246 e. The van der Waals surface area contributed by atoms with E-state index in [0.29, 0.717) is 11.5 Å². The van der Waals surface area contributed by atoms with Gasteiger partial charge in [0.15, 0.2) is 0 Å². The first kappa shape index (κ1) is 8.64. The molecule has 1 rings (SSSR count). The normalized spacial score (nSPS) is 23.2. The molecule has 0 bridgehead atoms. The Bertz CT molecular complexity index is 267. The fourth-order valence-corrected chi connectivity index (χ4v) is 1.01. The van der Waals surface area contributed by atoms with Gasteiger partial charge in [-0.25, -0.2) is 0 Å². The van der Waals surface area contributed by atoms with Crippen molar-refractivity contribution < 1.29 is 4.79 Å². The molecule has 1 atom stereocenters. The first-order valence-corrected chi connectivity index (χ1v) is 3.75. The van der Waals surface area contributed by atoms with Gasteiger partial charge in [0.25, 0.3) is 0 Å². The molecule has 0 unspecified atom stereocenters. The number of carbonyl (C=O) groups is 1. The van der Waals surface area contributed by atoms with Crippen LogP contribution in [0.1, 0.15) is 13.8 Å². The largest absolute Gasteiger partial charge is 0.384 e. The van der Waals surface area contributed by atoms with Crippen molar-refractivity contribution in [3.05, 3.63) is 23.7 Å². The van der Waals surface area contributed by atoms with Crippen molar-refractivity contribution in [3.63, 3.8) is 0 Å². The van der Waals surface area contributed by atoms with Gasteiger partial charge in [0.05, 0.1) is 5.70 Å². The lowest BCUT2D eigenvalue weighted by atomic mass is 10.1. The monoisotopic (exact) mass is 167 g/mol. The molecule has 1 aliphatic heterocycles. The molecule has 1 aliphatic rings. The van der Waals surface area contributed by atoms with E-state index in [9.17, 15) is 4.79 Å². The Hall–Kier alpha value is -1.45. The SMILES string of the molecule is C=C(C)C1=C(N)N[C@@H](C)C(=O)N1. The second-order valence-electron chi connectivity index (χ2n) is 2.92. The van der Waals surface area contributed by atoms with E-state index in [-0.39, 0.29) is 11.9 Å². The molecule has 0 saturated heterocycles. The van der Waals surface area contributed by atoms with Gasteiger partial charge < -0.3 is 16.4 Å². The summed E-state index contributed by atoms with van der Waals surface area (Å²) in [5.41, 5.74) is 6.97. The molecule has 0 radical (unpaired) electrons. The van der Waals surface area contributed by atoms with Crippen LogP contribution in [0.15, 0.2) is 23.7 Å². The molecule has 4 nitrogen and oxygen atoms in total. The summed E-state index contributed by atoms with van der Waals surface area (Å²) in [7, 11) is 0. The fraction of sp³-hybridized carbons (Fsp3) is 0.375. The van der Waals surface area contributed by atoms with Crippen LogP contribution in [0.3, 0.4) is 0 Å². The summed E-state index contributed by atoms with van der Waals surface area (Å²) < 4.78 is 0. The van der Waals surface area contributed by atoms with Crippen LogP contribution in [0.25, 0.3) is 0 Å². The standard InChI is InChI=1S/C8H13N3O/c1-4(2)6-7(9)10-5(3)8(12)11-6/h5,10H,1,9H2,2-3H3,(H,11,12)/t5-/m0/s1. The van der Waals surface area contributed by atoms with E-state index in [2.05, 4.69) is 17.2 Å². The smallest absolute Gasteiger partial charge is 0.246 e.